The Balaban J connectivity index is 2.10. The molecule has 1 fully saturated rings. The molecule has 2 unspecified atom stereocenters. The number of esters is 1. The van der Waals surface area contributed by atoms with E-state index in [9.17, 15) is 14.4 Å². The molecule has 5 nitrogen and oxygen atoms in total. The van der Waals surface area contributed by atoms with E-state index in [0.29, 0.717) is 18.4 Å². The van der Waals surface area contributed by atoms with Crippen LogP contribution in [0.2, 0.25) is 0 Å². The minimum Gasteiger partial charge on any atom is -0.462 e. The summed E-state index contributed by atoms with van der Waals surface area (Å²) in [5, 5.41) is 0. The summed E-state index contributed by atoms with van der Waals surface area (Å²) in [6.45, 7) is 4.93. The molecule has 1 saturated heterocycles. The minimum atomic E-state index is -0.350. The number of nitrogens with zero attached hydrogens (tertiary/aromatic N) is 1. The standard InChI is InChI=1S/C13H15NO4/c1-8-6-12(16)14(13(8)17)10-4-3-5-11(7-10)18-9(2)15/h3-4,10-11H,1,5-7H2,2H3. The number of likely N-dealkylation sites (tertiary alicyclic amines) is 1. The number of carbonyl (C=O) groups excluding carboxylic acids is 3. The third-order valence-corrected chi connectivity index (χ3v) is 3.08. The van der Waals surface area contributed by atoms with Gasteiger partial charge in [-0.15, -0.1) is 0 Å². The van der Waals surface area contributed by atoms with Crippen molar-refractivity contribution in [1.82, 2.24) is 4.90 Å². The van der Waals surface area contributed by atoms with Gasteiger partial charge in [0.15, 0.2) is 0 Å². The van der Waals surface area contributed by atoms with Crippen LogP contribution in [0.1, 0.15) is 26.2 Å². The van der Waals surface area contributed by atoms with E-state index in [-0.39, 0.29) is 36.4 Å². The maximum absolute atomic E-state index is 11.8. The zero-order chi connectivity index (χ0) is 13.3. The molecule has 1 aliphatic carbocycles. The topological polar surface area (TPSA) is 63.7 Å². The molecule has 0 N–H and O–H groups in total. The Bertz CT molecular complexity index is 452. The highest BCUT2D eigenvalue weighted by Gasteiger charge is 2.38. The highest BCUT2D eigenvalue weighted by Crippen LogP contribution is 2.26. The summed E-state index contributed by atoms with van der Waals surface area (Å²) < 4.78 is 5.12. The van der Waals surface area contributed by atoms with E-state index in [4.69, 9.17) is 4.74 Å². The van der Waals surface area contributed by atoms with Crippen LogP contribution in [-0.4, -0.2) is 34.8 Å². The minimum absolute atomic E-state index is 0.0847. The number of carbonyl (C=O) groups is 3. The number of hydrogen-bond donors (Lipinski definition) is 0. The molecule has 2 aliphatic rings. The van der Waals surface area contributed by atoms with E-state index in [1.165, 1.54) is 11.8 Å². The van der Waals surface area contributed by atoms with Gasteiger partial charge in [-0.2, -0.15) is 0 Å². The Morgan fingerprint density at radius 2 is 2.22 bits per heavy atom. The summed E-state index contributed by atoms with van der Waals surface area (Å²) in [7, 11) is 0. The molecule has 0 aromatic heterocycles. The van der Waals surface area contributed by atoms with Crippen LogP contribution < -0.4 is 0 Å². The van der Waals surface area contributed by atoms with Crippen molar-refractivity contribution >= 4 is 17.8 Å². The van der Waals surface area contributed by atoms with Gasteiger partial charge in [0.1, 0.15) is 6.10 Å². The molecule has 1 heterocycles. The monoisotopic (exact) mass is 249 g/mol. The lowest BCUT2D eigenvalue weighted by molar-refractivity contribution is -0.147. The SMILES string of the molecule is C=C1CC(=O)N(C2C=CCC(OC(C)=O)C2)C1=O. The number of amides is 2. The Morgan fingerprint density at radius 1 is 1.50 bits per heavy atom. The second kappa shape index (κ2) is 4.76. The molecule has 0 saturated carbocycles. The van der Waals surface area contributed by atoms with Gasteiger partial charge in [0, 0.05) is 25.3 Å². The lowest BCUT2D eigenvalue weighted by Gasteiger charge is -2.29. The normalized spacial score (nSPS) is 27.8. The van der Waals surface area contributed by atoms with Gasteiger partial charge in [-0.05, 0) is 0 Å². The molecule has 0 bridgehead atoms. The Morgan fingerprint density at radius 3 is 2.78 bits per heavy atom. The molecule has 0 aromatic carbocycles. The molecular formula is C13H15NO4. The summed E-state index contributed by atoms with van der Waals surface area (Å²) in [6.07, 6.45) is 4.54. The molecule has 5 heteroatoms. The van der Waals surface area contributed by atoms with Crippen LogP contribution in [0, 0.1) is 0 Å². The van der Waals surface area contributed by atoms with Crippen LogP contribution in [0.4, 0.5) is 0 Å². The summed E-state index contributed by atoms with van der Waals surface area (Å²) in [6, 6.07) is -0.331. The van der Waals surface area contributed by atoms with Gasteiger partial charge in [-0.3, -0.25) is 19.3 Å². The zero-order valence-electron chi connectivity index (χ0n) is 10.2. The van der Waals surface area contributed by atoms with Crippen LogP contribution in [0.25, 0.3) is 0 Å². The van der Waals surface area contributed by atoms with Crippen molar-refractivity contribution in [1.29, 1.82) is 0 Å². The molecule has 2 rings (SSSR count). The summed E-state index contributed by atoms with van der Waals surface area (Å²) in [5.41, 5.74) is 0.322. The average molecular weight is 249 g/mol. The highest BCUT2D eigenvalue weighted by atomic mass is 16.5. The number of hydrogen-bond acceptors (Lipinski definition) is 4. The van der Waals surface area contributed by atoms with Crippen molar-refractivity contribution in [2.45, 2.75) is 38.3 Å². The first-order valence-electron chi connectivity index (χ1n) is 5.87. The fourth-order valence-electron chi connectivity index (χ4n) is 2.32. The summed E-state index contributed by atoms with van der Waals surface area (Å²) in [4.78, 5) is 35.7. The van der Waals surface area contributed by atoms with E-state index in [0.717, 1.165) is 0 Å². The Labute approximate surface area is 105 Å². The van der Waals surface area contributed by atoms with Crippen molar-refractivity contribution in [3.63, 3.8) is 0 Å². The third kappa shape index (κ3) is 2.34. The van der Waals surface area contributed by atoms with Gasteiger partial charge < -0.3 is 4.74 Å². The second-order valence-electron chi connectivity index (χ2n) is 4.55. The fourth-order valence-corrected chi connectivity index (χ4v) is 2.32. The van der Waals surface area contributed by atoms with Crippen molar-refractivity contribution in [2.75, 3.05) is 0 Å². The first-order chi connectivity index (χ1) is 8.49. The van der Waals surface area contributed by atoms with Crippen molar-refractivity contribution in [3.05, 3.63) is 24.3 Å². The van der Waals surface area contributed by atoms with Crippen molar-refractivity contribution in [2.24, 2.45) is 0 Å². The van der Waals surface area contributed by atoms with E-state index in [2.05, 4.69) is 6.58 Å². The van der Waals surface area contributed by atoms with E-state index >= 15 is 0 Å². The van der Waals surface area contributed by atoms with Gasteiger partial charge >= 0.3 is 5.97 Å². The predicted octanol–water partition coefficient (Wildman–Crippen LogP) is 0.952. The fraction of sp³-hybridized carbons (Fsp3) is 0.462. The maximum atomic E-state index is 11.8. The zero-order valence-corrected chi connectivity index (χ0v) is 10.2. The first-order valence-corrected chi connectivity index (χ1v) is 5.87. The molecule has 96 valence electrons. The quantitative estimate of drug-likeness (QED) is 0.316. The molecule has 0 spiro atoms. The number of imide groups is 1. The first kappa shape index (κ1) is 12.5. The Hall–Kier alpha value is -1.91. The highest BCUT2D eigenvalue weighted by molar-refractivity contribution is 6.13. The Kier molecular flexibility index (Phi) is 3.32. The van der Waals surface area contributed by atoms with Crippen LogP contribution in [0.3, 0.4) is 0 Å². The van der Waals surface area contributed by atoms with Crippen LogP contribution in [0.15, 0.2) is 24.3 Å². The molecular weight excluding hydrogens is 234 g/mol. The average Bonchev–Trinajstić information content (AvgIpc) is 2.52. The predicted molar refractivity (Wildman–Crippen MR) is 63.3 cm³/mol. The lowest BCUT2D eigenvalue weighted by atomic mass is 9.98. The van der Waals surface area contributed by atoms with Crippen LogP contribution >= 0.6 is 0 Å². The molecule has 0 radical (unpaired) electrons. The lowest BCUT2D eigenvalue weighted by Crippen LogP contribution is -2.42. The van der Waals surface area contributed by atoms with Gasteiger partial charge in [-0.1, -0.05) is 18.7 Å². The van der Waals surface area contributed by atoms with Gasteiger partial charge in [-0.25, -0.2) is 0 Å². The van der Waals surface area contributed by atoms with Crippen LogP contribution in [0.5, 0.6) is 0 Å². The van der Waals surface area contributed by atoms with Crippen molar-refractivity contribution in [3.8, 4) is 0 Å². The van der Waals surface area contributed by atoms with Gasteiger partial charge in [0.2, 0.25) is 5.91 Å². The molecule has 1 aliphatic heterocycles. The van der Waals surface area contributed by atoms with E-state index < -0.39 is 0 Å². The molecule has 2 atom stereocenters. The third-order valence-electron chi connectivity index (χ3n) is 3.08. The molecule has 18 heavy (non-hydrogen) atoms. The molecule has 0 aromatic rings. The number of ether oxygens (including phenoxy) is 1. The van der Waals surface area contributed by atoms with Crippen LogP contribution in [-0.2, 0) is 19.1 Å². The van der Waals surface area contributed by atoms with E-state index in [1.807, 2.05) is 12.2 Å². The maximum Gasteiger partial charge on any atom is 0.302 e. The molecule has 2 amide bonds. The second-order valence-corrected chi connectivity index (χ2v) is 4.55. The summed E-state index contributed by atoms with van der Waals surface area (Å²) in [5.74, 6) is -0.904. The van der Waals surface area contributed by atoms with Gasteiger partial charge in [0.05, 0.1) is 12.5 Å². The van der Waals surface area contributed by atoms with Gasteiger partial charge in [0.25, 0.3) is 5.91 Å². The smallest absolute Gasteiger partial charge is 0.302 e. The number of rotatable bonds is 2. The van der Waals surface area contributed by atoms with Crippen molar-refractivity contribution < 1.29 is 19.1 Å². The van der Waals surface area contributed by atoms with E-state index in [1.54, 1.807) is 0 Å². The summed E-state index contributed by atoms with van der Waals surface area (Å²) >= 11 is 0. The largest absolute Gasteiger partial charge is 0.462 e.